The van der Waals surface area contributed by atoms with E-state index in [1.165, 1.54) is 5.56 Å². The Morgan fingerprint density at radius 2 is 1.89 bits per heavy atom. The Hall–Kier alpha value is -2.92. The molecule has 0 unspecified atom stereocenters. The minimum atomic E-state index is -0.170. The highest BCUT2D eigenvalue weighted by molar-refractivity contribution is 5.99. The summed E-state index contributed by atoms with van der Waals surface area (Å²) in [6.45, 7) is 5.21. The van der Waals surface area contributed by atoms with Crippen LogP contribution in [0.5, 0.6) is 0 Å². The molecule has 2 N–H and O–H groups in total. The van der Waals surface area contributed by atoms with Crippen LogP contribution in [0.1, 0.15) is 33.5 Å². The van der Waals surface area contributed by atoms with E-state index < -0.39 is 0 Å². The number of hydrogen-bond donors (Lipinski definition) is 2. The lowest BCUT2D eigenvalue weighted by Crippen LogP contribution is -2.25. The number of nitrogens with zero attached hydrogens (tertiary/aromatic N) is 2. The third-order valence-electron chi connectivity index (χ3n) is 4.59. The molecule has 1 heterocycles. The summed E-state index contributed by atoms with van der Waals surface area (Å²) in [6, 6.07) is 16.2. The number of nitrogens with one attached hydrogen (secondary N) is 1. The van der Waals surface area contributed by atoms with E-state index in [2.05, 4.69) is 25.2 Å². The summed E-state index contributed by atoms with van der Waals surface area (Å²) >= 11 is 0. The van der Waals surface area contributed by atoms with E-state index in [0.717, 1.165) is 16.7 Å². The van der Waals surface area contributed by atoms with Crippen molar-refractivity contribution in [2.45, 2.75) is 26.8 Å². The summed E-state index contributed by atoms with van der Waals surface area (Å²) < 4.78 is 1.81. The van der Waals surface area contributed by atoms with Crippen molar-refractivity contribution in [2.75, 3.05) is 13.2 Å². The number of amides is 1. The Morgan fingerprint density at radius 1 is 1.11 bits per heavy atom. The molecular weight excluding hydrogens is 338 g/mol. The van der Waals surface area contributed by atoms with Crippen molar-refractivity contribution in [1.29, 1.82) is 0 Å². The van der Waals surface area contributed by atoms with Gasteiger partial charge in [-0.2, -0.15) is 5.10 Å². The van der Waals surface area contributed by atoms with Gasteiger partial charge in [-0.3, -0.25) is 9.48 Å². The van der Waals surface area contributed by atoms with Gasteiger partial charge >= 0.3 is 0 Å². The molecule has 1 amide bonds. The van der Waals surface area contributed by atoms with Crippen molar-refractivity contribution in [3.8, 4) is 11.3 Å². The van der Waals surface area contributed by atoms with E-state index in [-0.39, 0.29) is 12.5 Å². The Labute approximate surface area is 159 Å². The molecule has 5 nitrogen and oxygen atoms in total. The lowest BCUT2D eigenvalue weighted by atomic mass is 10.0. The van der Waals surface area contributed by atoms with E-state index in [4.69, 9.17) is 10.2 Å². The molecule has 0 aliphatic carbocycles. The highest BCUT2D eigenvalue weighted by Crippen LogP contribution is 2.25. The fourth-order valence-corrected chi connectivity index (χ4v) is 2.92. The maximum absolute atomic E-state index is 12.7. The van der Waals surface area contributed by atoms with Gasteiger partial charge in [-0.05, 0) is 43.0 Å². The summed E-state index contributed by atoms with van der Waals surface area (Å²) in [4.78, 5) is 12.7. The molecule has 0 saturated carbocycles. The maximum atomic E-state index is 12.7. The monoisotopic (exact) mass is 363 g/mol. The van der Waals surface area contributed by atoms with E-state index in [9.17, 15) is 4.79 Å². The maximum Gasteiger partial charge on any atom is 0.255 e. The quantitative estimate of drug-likeness (QED) is 0.633. The second-order valence-corrected chi connectivity index (χ2v) is 6.71. The Morgan fingerprint density at radius 3 is 2.59 bits per heavy atom. The van der Waals surface area contributed by atoms with Gasteiger partial charge < -0.3 is 10.4 Å². The topological polar surface area (TPSA) is 67.2 Å². The van der Waals surface area contributed by atoms with E-state index in [1.54, 1.807) is 10.9 Å². The zero-order chi connectivity index (χ0) is 19.2. The van der Waals surface area contributed by atoms with Crippen LogP contribution in [0.2, 0.25) is 0 Å². The van der Waals surface area contributed by atoms with Crippen molar-refractivity contribution < 1.29 is 9.90 Å². The fourth-order valence-electron chi connectivity index (χ4n) is 2.92. The SMILES string of the molecule is Cc1ccc(-c2nn(Cc3ccccc3)cc2C(=O)NCCCO)cc1C. The van der Waals surface area contributed by atoms with E-state index in [0.29, 0.717) is 30.8 Å². The third kappa shape index (κ3) is 4.63. The number of aryl methyl sites for hydroxylation is 2. The lowest BCUT2D eigenvalue weighted by Gasteiger charge is -2.06. The van der Waals surface area contributed by atoms with Crippen molar-refractivity contribution in [3.63, 3.8) is 0 Å². The largest absolute Gasteiger partial charge is 0.396 e. The normalized spacial score (nSPS) is 10.8. The smallest absolute Gasteiger partial charge is 0.255 e. The van der Waals surface area contributed by atoms with Crippen LogP contribution in [0, 0.1) is 13.8 Å². The zero-order valence-electron chi connectivity index (χ0n) is 15.8. The molecule has 0 aliphatic rings. The average molecular weight is 363 g/mol. The predicted molar refractivity (Wildman–Crippen MR) is 107 cm³/mol. The minimum Gasteiger partial charge on any atom is -0.396 e. The summed E-state index contributed by atoms with van der Waals surface area (Å²) in [5.41, 5.74) is 5.65. The van der Waals surface area contributed by atoms with Gasteiger partial charge in [-0.1, -0.05) is 42.5 Å². The summed E-state index contributed by atoms with van der Waals surface area (Å²) in [5, 5.41) is 16.5. The number of benzene rings is 2. The molecule has 1 aromatic heterocycles. The standard InChI is InChI=1S/C22H25N3O2/c1-16-9-10-19(13-17(16)2)21-20(22(27)23-11-6-12-26)15-25(24-21)14-18-7-4-3-5-8-18/h3-5,7-10,13,15,26H,6,11-12,14H2,1-2H3,(H,23,27). The van der Waals surface area contributed by atoms with Crippen LogP contribution in [0.25, 0.3) is 11.3 Å². The molecule has 5 heteroatoms. The molecule has 0 saturated heterocycles. The van der Waals surface area contributed by atoms with Crippen LogP contribution >= 0.6 is 0 Å². The number of rotatable bonds is 7. The van der Waals surface area contributed by atoms with E-state index in [1.807, 2.05) is 42.5 Å². The van der Waals surface area contributed by atoms with Crippen LogP contribution in [-0.4, -0.2) is 33.9 Å². The Kier molecular flexibility index (Phi) is 6.04. The number of carbonyl (C=O) groups is 1. The van der Waals surface area contributed by atoms with Crippen molar-refractivity contribution in [2.24, 2.45) is 0 Å². The van der Waals surface area contributed by atoms with E-state index >= 15 is 0 Å². The molecule has 0 radical (unpaired) electrons. The van der Waals surface area contributed by atoms with Gasteiger partial charge in [0, 0.05) is 24.9 Å². The molecule has 0 fully saturated rings. The van der Waals surface area contributed by atoms with Gasteiger partial charge in [-0.25, -0.2) is 0 Å². The average Bonchev–Trinajstić information content (AvgIpc) is 3.09. The van der Waals surface area contributed by atoms with Gasteiger partial charge in [0.05, 0.1) is 12.1 Å². The molecule has 0 atom stereocenters. The summed E-state index contributed by atoms with van der Waals surface area (Å²) in [7, 11) is 0. The molecule has 27 heavy (non-hydrogen) atoms. The first-order valence-corrected chi connectivity index (χ1v) is 9.16. The number of aromatic nitrogens is 2. The highest BCUT2D eigenvalue weighted by atomic mass is 16.3. The molecular formula is C22H25N3O2. The first-order chi connectivity index (χ1) is 13.1. The molecule has 0 aliphatic heterocycles. The first kappa shape index (κ1) is 18.9. The summed E-state index contributed by atoms with van der Waals surface area (Å²) in [5.74, 6) is -0.170. The molecule has 140 valence electrons. The fraction of sp³-hybridized carbons (Fsp3) is 0.273. The van der Waals surface area contributed by atoms with Gasteiger partial charge in [0.15, 0.2) is 0 Å². The van der Waals surface area contributed by atoms with Crippen LogP contribution in [0.15, 0.2) is 54.7 Å². The number of carbonyl (C=O) groups excluding carboxylic acids is 1. The molecule has 3 rings (SSSR count). The first-order valence-electron chi connectivity index (χ1n) is 9.16. The second-order valence-electron chi connectivity index (χ2n) is 6.71. The van der Waals surface area contributed by atoms with Gasteiger partial charge in [0.1, 0.15) is 5.69 Å². The Bertz CT molecular complexity index is 917. The highest BCUT2D eigenvalue weighted by Gasteiger charge is 2.18. The van der Waals surface area contributed by atoms with Gasteiger partial charge in [0.2, 0.25) is 0 Å². The molecule has 3 aromatic rings. The van der Waals surface area contributed by atoms with Crippen LogP contribution in [-0.2, 0) is 6.54 Å². The lowest BCUT2D eigenvalue weighted by molar-refractivity contribution is 0.0951. The third-order valence-corrected chi connectivity index (χ3v) is 4.59. The number of aliphatic hydroxyl groups excluding tert-OH is 1. The number of hydrogen-bond acceptors (Lipinski definition) is 3. The molecule has 0 spiro atoms. The van der Waals surface area contributed by atoms with Gasteiger partial charge in [0.25, 0.3) is 5.91 Å². The van der Waals surface area contributed by atoms with Crippen LogP contribution in [0.3, 0.4) is 0 Å². The zero-order valence-corrected chi connectivity index (χ0v) is 15.8. The Balaban J connectivity index is 1.95. The minimum absolute atomic E-state index is 0.0531. The van der Waals surface area contributed by atoms with Crippen LogP contribution in [0.4, 0.5) is 0 Å². The number of aliphatic hydroxyl groups is 1. The predicted octanol–water partition coefficient (Wildman–Crippen LogP) is 3.33. The molecule has 2 aromatic carbocycles. The summed E-state index contributed by atoms with van der Waals surface area (Å²) in [6.07, 6.45) is 2.33. The van der Waals surface area contributed by atoms with Gasteiger partial charge in [-0.15, -0.1) is 0 Å². The van der Waals surface area contributed by atoms with Crippen molar-refractivity contribution in [1.82, 2.24) is 15.1 Å². The molecule has 0 bridgehead atoms. The van der Waals surface area contributed by atoms with Crippen LogP contribution < -0.4 is 5.32 Å². The second kappa shape index (κ2) is 8.64. The van der Waals surface area contributed by atoms with Crippen molar-refractivity contribution in [3.05, 3.63) is 77.0 Å². The van der Waals surface area contributed by atoms with Crippen molar-refractivity contribution >= 4 is 5.91 Å².